The monoisotopic (exact) mass is 307 g/mol. The van der Waals surface area contributed by atoms with Crippen molar-refractivity contribution in [3.8, 4) is 0 Å². The van der Waals surface area contributed by atoms with E-state index in [1.54, 1.807) is 16.2 Å². The van der Waals surface area contributed by atoms with Crippen LogP contribution in [0.4, 0.5) is 0 Å². The van der Waals surface area contributed by atoms with Crippen LogP contribution in [0.5, 0.6) is 0 Å². The first kappa shape index (κ1) is 14.5. The molecule has 1 saturated carbocycles. The lowest BCUT2D eigenvalue weighted by Crippen LogP contribution is -2.68. The molecule has 1 N–H and O–H groups in total. The highest BCUT2D eigenvalue weighted by Crippen LogP contribution is 2.34. The highest BCUT2D eigenvalue weighted by Gasteiger charge is 2.50. The molecule has 2 amide bonds. The van der Waals surface area contributed by atoms with Crippen molar-refractivity contribution in [2.75, 3.05) is 6.54 Å². The molecule has 2 fully saturated rings. The number of rotatable bonds is 3. The third-order valence-electron chi connectivity index (χ3n) is 4.57. The molecule has 6 heteroatoms. The van der Waals surface area contributed by atoms with Crippen LogP contribution in [0.25, 0.3) is 0 Å². The molecular formula is C15H21N3O2S. The van der Waals surface area contributed by atoms with Gasteiger partial charge in [0.05, 0.1) is 5.01 Å². The Morgan fingerprint density at radius 3 is 2.76 bits per heavy atom. The molecule has 114 valence electrons. The Balaban J connectivity index is 1.75. The van der Waals surface area contributed by atoms with Crippen molar-refractivity contribution in [3.05, 3.63) is 16.1 Å². The molecule has 2 aliphatic rings. The van der Waals surface area contributed by atoms with Gasteiger partial charge in [0.25, 0.3) is 0 Å². The molecule has 1 aliphatic heterocycles. The molecule has 0 bridgehead atoms. The minimum absolute atomic E-state index is 0.0215. The summed E-state index contributed by atoms with van der Waals surface area (Å²) in [5.74, 6) is 0.0761. The number of amides is 2. The third-order valence-corrected chi connectivity index (χ3v) is 5.60. The average Bonchev–Trinajstić information content (AvgIpc) is 3.07. The van der Waals surface area contributed by atoms with Crippen LogP contribution in [0, 0.1) is 6.92 Å². The smallest absolute Gasteiger partial charge is 0.249 e. The molecule has 2 heterocycles. The van der Waals surface area contributed by atoms with Crippen LogP contribution < -0.4 is 5.32 Å². The van der Waals surface area contributed by atoms with Gasteiger partial charge in [-0.1, -0.05) is 12.8 Å². The molecule has 0 aromatic carbocycles. The number of carbonyl (C=O) groups excluding carboxylic acids is 2. The van der Waals surface area contributed by atoms with E-state index in [4.69, 9.17) is 0 Å². The fourth-order valence-corrected chi connectivity index (χ4v) is 4.10. The Kier molecular flexibility index (Phi) is 3.73. The van der Waals surface area contributed by atoms with Gasteiger partial charge in [-0.2, -0.15) is 0 Å². The van der Waals surface area contributed by atoms with Crippen molar-refractivity contribution in [2.24, 2.45) is 0 Å². The standard InChI is InChI=1S/C15H21N3O2S/c1-10-9-21-12(16-10)5-8-18-11(2)13(19)17-15(14(18)20)6-3-4-7-15/h9,11H,3-8H2,1-2H3,(H,17,19). The van der Waals surface area contributed by atoms with E-state index in [-0.39, 0.29) is 17.9 Å². The van der Waals surface area contributed by atoms with Gasteiger partial charge >= 0.3 is 0 Å². The maximum Gasteiger partial charge on any atom is 0.249 e. The van der Waals surface area contributed by atoms with Gasteiger partial charge in [-0.25, -0.2) is 4.98 Å². The Labute approximate surface area is 128 Å². The van der Waals surface area contributed by atoms with E-state index in [9.17, 15) is 9.59 Å². The molecule has 1 atom stereocenters. The molecule has 5 nitrogen and oxygen atoms in total. The van der Waals surface area contributed by atoms with Gasteiger partial charge in [-0.05, 0) is 26.7 Å². The number of nitrogens with zero attached hydrogens (tertiary/aromatic N) is 2. The van der Waals surface area contributed by atoms with E-state index in [2.05, 4.69) is 10.3 Å². The Hall–Kier alpha value is -1.43. The van der Waals surface area contributed by atoms with Crippen LogP contribution in [0.2, 0.25) is 0 Å². The molecule has 21 heavy (non-hydrogen) atoms. The molecule has 3 rings (SSSR count). The van der Waals surface area contributed by atoms with Crippen LogP contribution in [0.1, 0.15) is 43.3 Å². The summed E-state index contributed by atoms with van der Waals surface area (Å²) < 4.78 is 0. The zero-order chi connectivity index (χ0) is 15.0. The number of hydrogen-bond donors (Lipinski definition) is 1. The molecule has 1 unspecified atom stereocenters. The normalized spacial score (nSPS) is 24.7. The van der Waals surface area contributed by atoms with Crippen LogP contribution >= 0.6 is 11.3 Å². The topological polar surface area (TPSA) is 62.3 Å². The lowest BCUT2D eigenvalue weighted by molar-refractivity contribution is -0.154. The fraction of sp³-hybridized carbons (Fsp3) is 0.667. The number of nitrogens with one attached hydrogen (secondary N) is 1. The van der Waals surface area contributed by atoms with Gasteiger partial charge in [0.15, 0.2) is 0 Å². The van der Waals surface area contributed by atoms with E-state index in [1.165, 1.54) is 0 Å². The summed E-state index contributed by atoms with van der Waals surface area (Å²) in [6, 6.07) is -0.384. The maximum absolute atomic E-state index is 12.8. The second-order valence-corrected chi connectivity index (χ2v) is 7.03. The van der Waals surface area contributed by atoms with E-state index >= 15 is 0 Å². The zero-order valence-corrected chi connectivity index (χ0v) is 13.3. The number of carbonyl (C=O) groups is 2. The summed E-state index contributed by atoms with van der Waals surface area (Å²) in [5.41, 5.74) is 0.389. The first-order valence-corrected chi connectivity index (χ1v) is 8.44. The Morgan fingerprint density at radius 2 is 2.14 bits per heavy atom. The van der Waals surface area contributed by atoms with Crippen LogP contribution in [-0.2, 0) is 16.0 Å². The number of aromatic nitrogens is 1. The van der Waals surface area contributed by atoms with E-state index < -0.39 is 5.54 Å². The summed E-state index contributed by atoms with van der Waals surface area (Å²) in [4.78, 5) is 31.2. The molecular weight excluding hydrogens is 286 g/mol. The van der Waals surface area contributed by atoms with E-state index in [0.29, 0.717) is 6.54 Å². The summed E-state index contributed by atoms with van der Waals surface area (Å²) in [6.07, 6.45) is 4.30. The van der Waals surface area contributed by atoms with Crippen LogP contribution in [-0.4, -0.2) is 39.8 Å². The minimum Gasteiger partial charge on any atom is -0.340 e. The zero-order valence-electron chi connectivity index (χ0n) is 12.5. The van der Waals surface area contributed by atoms with E-state index in [0.717, 1.165) is 42.8 Å². The number of piperazine rings is 1. The van der Waals surface area contributed by atoms with Gasteiger partial charge in [0, 0.05) is 24.0 Å². The maximum atomic E-state index is 12.8. The number of aryl methyl sites for hydroxylation is 1. The van der Waals surface area contributed by atoms with Crippen molar-refractivity contribution in [1.29, 1.82) is 0 Å². The van der Waals surface area contributed by atoms with Crippen molar-refractivity contribution < 1.29 is 9.59 Å². The minimum atomic E-state index is -0.623. The lowest BCUT2D eigenvalue weighted by atomic mass is 9.91. The predicted octanol–water partition coefficient (Wildman–Crippen LogP) is 1.65. The van der Waals surface area contributed by atoms with Crippen LogP contribution in [0.15, 0.2) is 5.38 Å². The molecule has 0 radical (unpaired) electrons. The highest BCUT2D eigenvalue weighted by atomic mass is 32.1. The highest BCUT2D eigenvalue weighted by molar-refractivity contribution is 7.09. The SMILES string of the molecule is Cc1csc(CCN2C(=O)C3(CCCC3)NC(=O)C2C)n1. The number of hydrogen-bond acceptors (Lipinski definition) is 4. The van der Waals surface area contributed by atoms with Gasteiger partial charge in [0.1, 0.15) is 11.6 Å². The summed E-state index contributed by atoms with van der Waals surface area (Å²) in [7, 11) is 0. The summed E-state index contributed by atoms with van der Waals surface area (Å²) >= 11 is 1.62. The molecule has 1 aromatic rings. The summed E-state index contributed by atoms with van der Waals surface area (Å²) in [6.45, 7) is 4.35. The first-order valence-electron chi connectivity index (χ1n) is 7.56. The van der Waals surface area contributed by atoms with Gasteiger partial charge in [0.2, 0.25) is 11.8 Å². The van der Waals surface area contributed by atoms with E-state index in [1.807, 2.05) is 19.2 Å². The Bertz CT molecular complexity index is 563. The number of thiazole rings is 1. The fourth-order valence-electron chi connectivity index (χ4n) is 3.33. The second-order valence-electron chi connectivity index (χ2n) is 6.09. The van der Waals surface area contributed by atoms with Crippen molar-refractivity contribution in [3.63, 3.8) is 0 Å². The van der Waals surface area contributed by atoms with Crippen molar-refractivity contribution in [2.45, 2.75) is 57.5 Å². The second kappa shape index (κ2) is 5.40. The van der Waals surface area contributed by atoms with Crippen molar-refractivity contribution in [1.82, 2.24) is 15.2 Å². The molecule has 1 spiro atoms. The largest absolute Gasteiger partial charge is 0.340 e. The quantitative estimate of drug-likeness (QED) is 0.923. The molecule has 1 aromatic heterocycles. The van der Waals surface area contributed by atoms with Crippen LogP contribution in [0.3, 0.4) is 0 Å². The van der Waals surface area contributed by atoms with Gasteiger partial charge in [-0.15, -0.1) is 11.3 Å². The molecule has 1 saturated heterocycles. The Morgan fingerprint density at radius 1 is 1.43 bits per heavy atom. The summed E-state index contributed by atoms with van der Waals surface area (Å²) in [5, 5.41) is 6.02. The molecule has 1 aliphatic carbocycles. The average molecular weight is 307 g/mol. The lowest BCUT2D eigenvalue weighted by Gasteiger charge is -2.43. The van der Waals surface area contributed by atoms with Gasteiger partial charge < -0.3 is 10.2 Å². The van der Waals surface area contributed by atoms with Crippen molar-refractivity contribution >= 4 is 23.2 Å². The third kappa shape index (κ3) is 2.57. The van der Waals surface area contributed by atoms with Gasteiger partial charge in [-0.3, -0.25) is 9.59 Å². The predicted molar refractivity (Wildman–Crippen MR) is 81.1 cm³/mol. The first-order chi connectivity index (χ1) is 10.0.